The van der Waals surface area contributed by atoms with Gasteiger partial charge in [-0.1, -0.05) is 11.6 Å². The summed E-state index contributed by atoms with van der Waals surface area (Å²) in [7, 11) is 0. The molecule has 3 rings (SSSR count). The van der Waals surface area contributed by atoms with Crippen LogP contribution >= 0.6 is 11.6 Å². The Morgan fingerprint density at radius 3 is 2.95 bits per heavy atom. The quantitative estimate of drug-likeness (QED) is 0.689. The van der Waals surface area contributed by atoms with E-state index in [2.05, 4.69) is 10.1 Å². The second kappa shape index (κ2) is 4.75. The highest BCUT2D eigenvalue weighted by Gasteiger charge is 2.29. The van der Waals surface area contributed by atoms with Crippen LogP contribution in [0.1, 0.15) is 23.2 Å². The first-order chi connectivity index (χ1) is 9.60. The maximum absolute atomic E-state index is 11.4. The van der Waals surface area contributed by atoms with Gasteiger partial charge in [0.25, 0.3) is 0 Å². The predicted molar refractivity (Wildman–Crippen MR) is 71.5 cm³/mol. The summed E-state index contributed by atoms with van der Waals surface area (Å²) in [6.07, 6.45) is 2.91. The molecule has 8 heteroatoms. The van der Waals surface area contributed by atoms with Gasteiger partial charge >= 0.3 is 6.09 Å². The molecule has 0 saturated heterocycles. The third-order valence-corrected chi connectivity index (χ3v) is 3.41. The van der Waals surface area contributed by atoms with E-state index < -0.39 is 6.09 Å². The zero-order chi connectivity index (χ0) is 14.3. The molecule has 2 aromatic heterocycles. The van der Waals surface area contributed by atoms with E-state index in [1.807, 2.05) is 0 Å². The largest absolute Gasteiger partial charge is 0.465 e. The van der Waals surface area contributed by atoms with Crippen LogP contribution in [-0.2, 0) is 0 Å². The van der Waals surface area contributed by atoms with Gasteiger partial charge in [-0.15, -0.1) is 0 Å². The molecule has 1 aliphatic carbocycles. The number of aromatic nitrogens is 3. The van der Waals surface area contributed by atoms with Crippen LogP contribution in [0.15, 0.2) is 12.3 Å². The van der Waals surface area contributed by atoms with Gasteiger partial charge in [0.1, 0.15) is 11.0 Å². The highest BCUT2D eigenvalue weighted by molar-refractivity contribution is 6.29. The number of halogens is 1. The molecule has 0 radical (unpaired) electrons. The van der Waals surface area contributed by atoms with Crippen LogP contribution in [0.25, 0.3) is 5.65 Å². The Labute approximate surface area is 118 Å². The van der Waals surface area contributed by atoms with Crippen molar-refractivity contribution in [3.05, 3.63) is 23.0 Å². The summed E-state index contributed by atoms with van der Waals surface area (Å²) in [5, 5.41) is 13.5. The molecule has 1 fully saturated rings. The van der Waals surface area contributed by atoms with E-state index in [1.54, 1.807) is 0 Å². The monoisotopic (exact) mass is 294 g/mol. The van der Waals surface area contributed by atoms with Gasteiger partial charge < -0.3 is 5.11 Å². The van der Waals surface area contributed by atoms with E-state index in [0.29, 0.717) is 24.6 Å². The molecule has 1 aliphatic rings. The number of fused-ring (bicyclic) bond motifs is 1. The molecular weight excluding hydrogens is 284 g/mol. The molecule has 2 aromatic rings. The van der Waals surface area contributed by atoms with Crippen molar-refractivity contribution >= 4 is 35.4 Å². The number of hydrogen-bond acceptors (Lipinski definition) is 4. The first-order valence-corrected chi connectivity index (χ1v) is 6.48. The van der Waals surface area contributed by atoms with Crippen LogP contribution in [0.3, 0.4) is 0 Å². The lowest BCUT2D eigenvalue weighted by Crippen LogP contribution is -2.33. The Balaban J connectivity index is 2.14. The fourth-order valence-electron chi connectivity index (χ4n) is 2.04. The second-order valence-corrected chi connectivity index (χ2v) is 5.11. The van der Waals surface area contributed by atoms with Gasteiger partial charge in [-0.25, -0.2) is 9.78 Å². The second-order valence-electron chi connectivity index (χ2n) is 4.73. The predicted octanol–water partition coefficient (Wildman–Crippen LogP) is 2.09. The number of aldehydes is 1. The van der Waals surface area contributed by atoms with Crippen LogP contribution in [-0.4, -0.2) is 38.6 Å². The first kappa shape index (κ1) is 12.9. The fourth-order valence-corrected chi connectivity index (χ4v) is 2.22. The lowest BCUT2D eigenvalue weighted by molar-refractivity contribution is 0.112. The minimum absolute atomic E-state index is 0.123. The highest BCUT2D eigenvalue weighted by atomic mass is 35.5. The number of hydrogen-bond donors (Lipinski definition) is 1. The van der Waals surface area contributed by atoms with Gasteiger partial charge in [0.15, 0.2) is 11.9 Å². The van der Waals surface area contributed by atoms with Crippen molar-refractivity contribution in [2.24, 2.45) is 5.92 Å². The standard InChI is InChI=1S/C12H11ClN4O3/c13-9-3-10(16(12(19)20)5-7-1-2-7)17-11(15-9)8(6-18)4-14-17/h3-4,6-7H,1-2,5H2,(H,19,20). The Kier molecular flexibility index (Phi) is 3.06. The zero-order valence-corrected chi connectivity index (χ0v) is 11.1. The van der Waals surface area contributed by atoms with Crippen molar-refractivity contribution < 1.29 is 14.7 Å². The Hall–Kier alpha value is -2.15. The zero-order valence-electron chi connectivity index (χ0n) is 10.4. The SMILES string of the molecule is O=Cc1cnn2c(N(CC3CC3)C(=O)O)cc(Cl)nc12. The summed E-state index contributed by atoms with van der Waals surface area (Å²) in [6.45, 7) is 0.390. The average Bonchev–Trinajstić information content (AvgIpc) is 3.13. The van der Waals surface area contributed by atoms with Gasteiger partial charge in [-0.05, 0) is 18.8 Å². The third-order valence-electron chi connectivity index (χ3n) is 3.22. The van der Waals surface area contributed by atoms with E-state index in [-0.39, 0.29) is 16.4 Å². The Bertz CT molecular complexity index is 695. The van der Waals surface area contributed by atoms with E-state index in [4.69, 9.17) is 11.6 Å². The lowest BCUT2D eigenvalue weighted by Gasteiger charge is -2.19. The molecule has 1 amide bonds. The molecule has 0 bridgehead atoms. The number of anilines is 1. The summed E-state index contributed by atoms with van der Waals surface area (Å²) < 4.78 is 1.33. The smallest absolute Gasteiger partial charge is 0.413 e. The molecule has 7 nitrogen and oxygen atoms in total. The van der Waals surface area contributed by atoms with Gasteiger partial charge in [-0.2, -0.15) is 9.61 Å². The molecule has 104 valence electrons. The topological polar surface area (TPSA) is 87.8 Å². The van der Waals surface area contributed by atoms with Crippen molar-refractivity contribution in [3.8, 4) is 0 Å². The molecule has 2 heterocycles. The Morgan fingerprint density at radius 1 is 1.60 bits per heavy atom. The van der Waals surface area contributed by atoms with Crippen molar-refractivity contribution in [2.45, 2.75) is 12.8 Å². The van der Waals surface area contributed by atoms with Crippen molar-refractivity contribution in [1.82, 2.24) is 14.6 Å². The van der Waals surface area contributed by atoms with Crippen LogP contribution in [0, 0.1) is 5.92 Å². The summed E-state index contributed by atoms with van der Waals surface area (Å²) in [5.74, 6) is 0.668. The minimum atomic E-state index is -1.08. The summed E-state index contributed by atoms with van der Waals surface area (Å²) in [5.41, 5.74) is 0.523. The summed E-state index contributed by atoms with van der Waals surface area (Å²) >= 11 is 5.92. The molecule has 1 saturated carbocycles. The maximum Gasteiger partial charge on any atom is 0.413 e. The van der Waals surface area contributed by atoms with Crippen LogP contribution in [0.5, 0.6) is 0 Å². The molecule has 0 aliphatic heterocycles. The molecule has 20 heavy (non-hydrogen) atoms. The van der Waals surface area contributed by atoms with Gasteiger partial charge in [0, 0.05) is 12.6 Å². The molecule has 0 atom stereocenters. The van der Waals surface area contributed by atoms with Crippen LogP contribution in [0.2, 0.25) is 5.15 Å². The Morgan fingerprint density at radius 2 is 2.35 bits per heavy atom. The first-order valence-electron chi connectivity index (χ1n) is 6.10. The number of amides is 1. The van der Waals surface area contributed by atoms with E-state index in [1.165, 1.54) is 21.7 Å². The van der Waals surface area contributed by atoms with Crippen molar-refractivity contribution in [2.75, 3.05) is 11.4 Å². The number of carbonyl (C=O) groups excluding carboxylic acids is 1. The van der Waals surface area contributed by atoms with E-state index >= 15 is 0 Å². The third kappa shape index (κ3) is 2.20. The number of carboxylic acid groups (broad SMARTS) is 1. The molecule has 0 aromatic carbocycles. The molecule has 0 spiro atoms. The summed E-state index contributed by atoms with van der Waals surface area (Å²) in [6, 6.07) is 1.44. The van der Waals surface area contributed by atoms with Gasteiger partial charge in [0.05, 0.1) is 11.8 Å². The van der Waals surface area contributed by atoms with Crippen LogP contribution in [0.4, 0.5) is 10.6 Å². The minimum Gasteiger partial charge on any atom is -0.465 e. The van der Waals surface area contributed by atoms with E-state index in [9.17, 15) is 14.7 Å². The normalized spacial score (nSPS) is 14.4. The lowest BCUT2D eigenvalue weighted by atomic mass is 10.3. The van der Waals surface area contributed by atoms with Crippen molar-refractivity contribution in [1.29, 1.82) is 0 Å². The number of nitrogens with zero attached hydrogens (tertiary/aromatic N) is 4. The average molecular weight is 295 g/mol. The number of carbonyl (C=O) groups is 2. The molecule has 0 unspecified atom stereocenters. The van der Waals surface area contributed by atoms with E-state index in [0.717, 1.165) is 12.8 Å². The molecule has 1 N–H and O–H groups in total. The van der Waals surface area contributed by atoms with Gasteiger partial charge in [0.2, 0.25) is 0 Å². The fraction of sp³-hybridized carbons (Fsp3) is 0.333. The highest BCUT2D eigenvalue weighted by Crippen LogP contribution is 2.32. The van der Waals surface area contributed by atoms with Crippen LogP contribution < -0.4 is 4.90 Å². The van der Waals surface area contributed by atoms with Crippen molar-refractivity contribution in [3.63, 3.8) is 0 Å². The number of rotatable bonds is 4. The maximum atomic E-state index is 11.4. The summed E-state index contributed by atoms with van der Waals surface area (Å²) in [4.78, 5) is 27.6. The van der Waals surface area contributed by atoms with Gasteiger partial charge in [-0.3, -0.25) is 9.69 Å². The molecular formula is C12H11ClN4O3.